The fourth-order valence-electron chi connectivity index (χ4n) is 3.38. The van der Waals surface area contributed by atoms with Crippen molar-refractivity contribution in [1.82, 2.24) is 0 Å². The van der Waals surface area contributed by atoms with Crippen molar-refractivity contribution in [2.45, 2.75) is 47.1 Å². The Bertz CT molecular complexity index is 907. The molecule has 0 amide bonds. The highest BCUT2D eigenvalue weighted by Gasteiger charge is 2.33. The molecule has 0 saturated carbocycles. The van der Waals surface area contributed by atoms with Crippen molar-refractivity contribution in [2.24, 2.45) is 5.92 Å². The molecule has 2 unspecified atom stereocenters. The van der Waals surface area contributed by atoms with Crippen LogP contribution in [-0.4, -0.2) is 39.0 Å². The van der Waals surface area contributed by atoms with Crippen molar-refractivity contribution in [3.05, 3.63) is 58.4 Å². The van der Waals surface area contributed by atoms with Crippen LogP contribution in [0.2, 0.25) is 0 Å². The van der Waals surface area contributed by atoms with Gasteiger partial charge in [-0.3, -0.25) is 9.59 Å². The van der Waals surface area contributed by atoms with Gasteiger partial charge in [-0.1, -0.05) is 32.0 Å². The van der Waals surface area contributed by atoms with Crippen LogP contribution in [0.5, 0.6) is 11.5 Å². The molecule has 170 valence electrons. The van der Waals surface area contributed by atoms with Crippen LogP contribution in [-0.2, 0) is 16.0 Å². The first-order valence-corrected chi connectivity index (χ1v) is 10.3. The van der Waals surface area contributed by atoms with Crippen molar-refractivity contribution in [3.8, 4) is 11.5 Å². The number of carbonyl (C=O) groups is 2. The average molecular weight is 433 g/mol. The number of rotatable bonds is 9. The third-order valence-electron chi connectivity index (χ3n) is 5.08. The lowest BCUT2D eigenvalue weighted by molar-refractivity contribution is -0.122. The summed E-state index contributed by atoms with van der Waals surface area (Å²) in [5.74, 6) is -1.21. The molecule has 0 radical (unpaired) electrons. The van der Waals surface area contributed by atoms with Crippen molar-refractivity contribution >= 4 is 11.6 Å². The Morgan fingerprint density at radius 3 is 2.13 bits per heavy atom. The summed E-state index contributed by atoms with van der Waals surface area (Å²) in [6, 6.07) is 8.37. The monoisotopic (exact) mass is 432 g/mol. The van der Waals surface area contributed by atoms with Gasteiger partial charge in [0.15, 0.2) is 5.78 Å². The largest absolute Gasteiger partial charge is 0.496 e. The van der Waals surface area contributed by atoms with E-state index in [-0.39, 0.29) is 29.3 Å². The summed E-state index contributed by atoms with van der Waals surface area (Å²) in [6.07, 6.45) is -0.365. The van der Waals surface area contributed by atoms with Gasteiger partial charge < -0.3 is 14.2 Å². The first kappa shape index (κ1) is 26.3. The minimum atomic E-state index is -0.967. The second kappa shape index (κ2) is 12.2. The highest BCUT2D eigenvalue weighted by Crippen LogP contribution is 2.33. The topological polar surface area (TPSA) is 61.8 Å². The summed E-state index contributed by atoms with van der Waals surface area (Å²) in [6.45, 7) is 8.72. The average Bonchev–Trinajstić information content (AvgIpc) is 2.77. The van der Waals surface area contributed by atoms with Gasteiger partial charge in [-0.25, -0.2) is 4.39 Å². The van der Waals surface area contributed by atoms with Crippen molar-refractivity contribution in [2.75, 3.05) is 21.3 Å². The minimum Gasteiger partial charge on any atom is -0.496 e. The van der Waals surface area contributed by atoms with E-state index < -0.39 is 17.8 Å². The Balaban J connectivity index is 0.00000233. The summed E-state index contributed by atoms with van der Waals surface area (Å²) in [7, 11) is 4.39. The summed E-state index contributed by atoms with van der Waals surface area (Å²) < 4.78 is 30.6. The van der Waals surface area contributed by atoms with Gasteiger partial charge in [0.2, 0.25) is 0 Å². The van der Waals surface area contributed by atoms with Gasteiger partial charge in [0.05, 0.1) is 25.9 Å². The standard InChI is InChI=1S/C23H27FO5.C2H6/c1-13-8-7-9-16(22(13)24)10-17-11-18(20(29-6)12-19(17)28-5)23(26)21(14(2)25)15(3)27-4;1-2/h7-9,11-12,15,21H,10H2,1-6H3;1-2H3. The maximum Gasteiger partial charge on any atom is 0.179 e. The molecular weight excluding hydrogens is 399 g/mol. The molecule has 0 bridgehead atoms. The third kappa shape index (κ3) is 6.14. The van der Waals surface area contributed by atoms with Crippen molar-refractivity contribution < 1.29 is 28.2 Å². The number of hydrogen-bond donors (Lipinski definition) is 0. The smallest absolute Gasteiger partial charge is 0.179 e. The molecule has 5 nitrogen and oxygen atoms in total. The van der Waals surface area contributed by atoms with E-state index in [9.17, 15) is 14.0 Å². The number of Topliss-reactive ketones (excluding diaryl/α,β-unsaturated/α-hetero) is 2. The normalized spacial score (nSPS) is 12.3. The lowest BCUT2D eigenvalue weighted by Gasteiger charge is -2.21. The summed E-state index contributed by atoms with van der Waals surface area (Å²) in [5, 5.41) is 0. The number of carbonyl (C=O) groups excluding carboxylic acids is 2. The van der Waals surface area contributed by atoms with E-state index in [1.165, 1.54) is 28.3 Å². The molecule has 0 aliphatic carbocycles. The fourth-order valence-corrected chi connectivity index (χ4v) is 3.38. The molecule has 0 heterocycles. The number of ether oxygens (including phenoxy) is 3. The second-order valence-electron chi connectivity index (χ2n) is 6.98. The van der Waals surface area contributed by atoms with Crippen LogP contribution in [0.3, 0.4) is 0 Å². The summed E-state index contributed by atoms with van der Waals surface area (Å²) in [4.78, 5) is 25.3. The number of hydrogen-bond acceptors (Lipinski definition) is 5. The number of ketones is 2. The van der Waals surface area contributed by atoms with Gasteiger partial charge >= 0.3 is 0 Å². The van der Waals surface area contributed by atoms with Gasteiger partial charge in [-0.05, 0) is 43.5 Å². The van der Waals surface area contributed by atoms with E-state index in [0.29, 0.717) is 22.4 Å². The van der Waals surface area contributed by atoms with Gasteiger partial charge in [-0.2, -0.15) is 0 Å². The first-order valence-electron chi connectivity index (χ1n) is 10.3. The van der Waals surface area contributed by atoms with Crippen LogP contribution < -0.4 is 9.47 Å². The maximum absolute atomic E-state index is 14.5. The van der Waals surface area contributed by atoms with E-state index in [2.05, 4.69) is 0 Å². The number of methoxy groups -OCH3 is 3. The molecule has 2 rings (SSSR count). The van der Waals surface area contributed by atoms with Crippen LogP contribution in [0.25, 0.3) is 0 Å². The molecule has 2 aromatic rings. The minimum absolute atomic E-state index is 0.228. The van der Waals surface area contributed by atoms with Crippen LogP contribution in [0.1, 0.15) is 54.7 Å². The lowest BCUT2D eigenvalue weighted by atomic mass is 9.88. The highest BCUT2D eigenvalue weighted by atomic mass is 19.1. The van der Waals surface area contributed by atoms with E-state index in [1.54, 1.807) is 44.2 Å². The molecule has 6 heteroatoms. The molecule has 31 heavy (non-hydrogen) atoms. The Hall–Kier alpha value is -2.73. The van der Waals surface area contributed by atoms with Gasteiger partial charge in [-0.15, -0.1) is 0 Å². The van der Waals surface area contributed by atoms with Gasteiger partial charge in [0.25, 0.3) is 0 Å². The van der Waals surface area contributed by atoms with Gasteiger partial charge in [0, 0.05) is 19.6 Å². The highest BCUT2D eigenvalue weighted by molar-refractivity contribution is 6.12. The van der Waals surface area contributed by atoms with Crippen LogP contribution in [0.4, 0.5) is 4.39 Å². The van der Waals surface area contributed by atoms with E-state index in [4.69, 9.17) is 14.2 Å². The van der Waals surface area contributed by atoms with E-state index in [1.807, 2.05) is 13.8 Å². The molecule has 0 aliphatic rings. The molecule has 0 saturated heterocycles. The van der Waals surface area contributed by atoms with Crippen molar-refractivity contribution in [1.29, 1.82) is 0 Å². The Morgan fingerprint density at radius 2 is 1.61 bits per heavy atom. The second-order valence-corrected chi connectivity index (χ2v) is 6.98. The SMILES string of the molecule is CC.COc1cc(OC)c(C(=O)C(C(C)=O)C(C)OC)cc1Cc1cccc(C)c1F. The Morgan fingerprint density at radius 1 is 1.00 bits per heavy atom. The summed E-state index contributed by atoms with van der Waals surface area (Å²) >= 11 is 0. The van der Waals surface area contributed by atoms with Gasteiger partial charge in [0.1, 0.15) is 29.0 Å². The number of halogens is 1. The predicted molar refractivity (Wildman–Crippen MR) is 120 cm³/mol. The Kier molecular flexibility index (Phi) is 10.4. The van der Waals surface area contributed by atoms with Crippen LogP contribution in [0.15, 0.2) is 30.3 Å². The van der Waals surface area contributed by atoms with Crippen LogP contribution >= 0.6 is 0 Å². The molecule has 0 N–H and O–H groups in total. The zero-order valence-corrected chi connectivity index (χ0v) is 19.7. The predicted octanol–water partition coefficient (Wildman–Crippen LogP) is 5.19. The zero-order chi connectivity index (χ0) is 23.7. The molecule has 0 fully saturated rings. The quantitative estimate of drug-likeness (QED) is 0.403. The number of aryl methyl sites for hydroxylation is 1. The fraction of sp³-hybridized carbons (Fsp3) is 0.440. The molecular formula is C25H33FO5. The Labute approximate surface area is 184 Å². The number of benzene rings is 2. The van der Waals surface area contributed by atoms with Crippen molar-refractivity contribution in [3.63, 3.8) is 0 Å². The molecule has 2 atom stereocenters. The first-order chi connectivity index (χ1) is 14.7. The van der Waals surface area contributed by atoms with E-state index in [0.717, 1.165) is 0 Å². The third-order valence-corrected chi connectivity index (χ3v) is 5.08. The molecule has 0 spiro atoms. The van der Waals surface area contributed by atoms with Crippen LogP contribution in [0, 0.1) is 18.7 Å². The maximum atomic E-state index is 14.5. The lowest BCUT2D eigenvalue weighted by Crippen LogP contribution is -2.33. The summed E-state index contributed by atoms with van der Waals surface area (Å²) in [5.41, 5.74) is 1.88. The molecule has 0 aliphatic heterocycles. The van der Waals surface area contributed by atoms with E-state index >= 15 is 0 Å². The zero-order valence-electron chi connectivity index (χ0n) is 19.7. The molecule has 0 aromatic heterocycles. The molecule has 2 aromatic carbocycles.